The lowest BCUT2D eigenvalue weighted by molar-refractivity contribution is -0.144. The van der Waals surface area contributed by atoms with Crippen LogP contribution in [0, 0.1) is 5.41 Å². The molecule has 0 aromatic heterocycles. The molecule has 0 saturated carbocycles. The highest BCUT2D eigenvalue weighted by atomic mass is 16.5. The van der Waals surface area contributed by atoms with Crippen LogP contribution in [0.5, 0.6) is 0 Å². The van der Waals surface area contributed by atoms with Crippen LogP contribution in [0.3, 0.4) is 0 Å². The second-order valence-corrected chi connectivity index (χ2v) is 4.92. The third-order valence-electron chi connectivity index (χ3n) is 3.72. The van der Waals surface area contributed by atoms with Gasteiger partial charge in [-0.2, -0.15) is 0 Å². The molecule has 0 aromatic carbocycles. The molecule has 1 aliphatic heterocycles. The van der Waals surface area contributed by atoms with Crippen molar-refractivity contribution in [3.05, 3.63) is 0 Å². The van der Waals surface area contributed by atoms with Gasteiger partial charge in [0.15, 0.2) is 0 Å². The summed E-state index contributed by atoms with van der Waals surface area (Å²) in [6.07, 6.45) is 4.78. The zero-order valence-corrected chi connectivity index (χ0v) is 9.23. The zero-order valence-electron chi connectivity index (χ0n) is 9.23. The Bertz CT molecular complexity index is 167. The minimum absolute atomic E-state index is 0.0282. The van der Waals surface area contributed by atoms with Gasteiger partial charge in [0, 0.05) is 6.61 Å². The van der Waals surface area contributed by atoms with E-state index in [0.29, 0.717) is 5.41 Å². The van der Waals surface area contributed by atoms with Crippen molar-refractivity contribution in [3.8, 4) is 0 Å². The predicted octanol–water partition coefficient (Wildman–Crippen LogP) is 2.32. The third-order valence-corrected chi connectivity index (χ3v) is 3.72. The fourth-order valence-electron chi connectivity index (χ4n) is 2.18. The van der Waals surface area contributed by atoms with Gasteiger partial charge >= 0.3 is 0 Å². The van der Waals surface area contributed by atoms with Crippen molar-refractivity contribution in [2.24, 2.45) is 11.1 Å². The fourth-order valence-corrected chi connectivity index (χ4v) is 2.18. The average Bonchev–Trinajstić information content (AvgIpc) is 2.07. The van der Waals surface area contributed by atoms with Crippen molar-refractivity contribution in [2.45, 2.75) is 52.1 Å². The second kappa shape index (κ2) is 3.97. The van der Waals surface area contributed by atoms with Crippen molar-refractivity contribution < 1.29 is 4.74 Å². The van der Waals surface area contributed by atoms with Gasteiger partial charge in [-0.3, -0.25) is 0 Å². The van der Waals surface area contributed by atoms with E-state index in [1.807, 2.05) is 0 Å². The van der Waals surface area contributed by atoms with Crippen LogP contribution >= 0.6 is 0 Å². The monoisotopic (exact) mass is 185 g/mol. The van der Waals surface area contributed by atoms with Crippen LogP contribution < -0.4 is 5.73 Å². The normalized spacial score (nSPS) is 33.2. The van der Waals surface area contributed by atoms with E-state index >= 15 is 0 Å². The van der Waals surface area contributed by atoms with E-state index in [4.69, 9.17) is 10.5 Å². The van der Waals surface area contributed by atoms with E-state index in [1.165, 1.54) is 19.3 Å². The van der Waals surface area contributed by atoms with Crippen LogP contribution in [0.15, 0.2) is 0 Å². The molecule has 2 nitrogen and oxygen atoms in total. The summed E-state index contributed by atoms with van der Waals surface area (Å²) in [5, 5.41) is 0. The average molecular weight is 185 g/mol. The van der Waals surface area contributed by atoms with Gasteiger partial charge in [-0.15, -0.1) is 0 Å². The first kappa shape index (κ1) is 11.0. The number of rotatable bonds is 3. The Morgan fingerprint density at radius 1 is 1.31 bits per heavy atom. The Hall–Kier alpha value is -0.0800. The van der Waals surface area contributed by atoms with Crippen molar-refractivity contribution in [3.63, 3.8) is 0 Å². The van der Waals surface area contributed by atoms with E-state index in [2.05, 4.69) is 20.8 Å². The van der Waals surface area contributed by atoms with Gasteiger partial charge in [0.2, 0.25) is 0 Å². The molecular weight excluding hydrogens is 162 g/mol. The summed E-state index contributed by atoms with van der Waals surface area (Å²) in [5.74, 6) is 0. The van der Waals surface area contributed by atoms with Crippen LogP contribution in [-0.2, 0) is 4.74 Å². The van der Waals surface area contributed by atoms with Crippen LogP contribution in [0.1, 0.15) is 46.5 Å². The summed E-state index contributed by atoms with van der Waals surface area (Å²) in [5.41, 5.74) is 5.90. The van der Waals surface area contributed by atoms with Crippen molar-refractivity contribution in [1.82, 2.24) is 0 Å². The molecule has 0 bridgehead atoms. The lowest BCUT2D eigenvalue weighted by Gasteiger charge is -2.48. The van der Waals surface area contributed by atoms with Crippen LogP contribution in [0.4, 0.5) is 0 Å². The molecule has 1 heterocycles. The molecule has 0 aliphatic carbocycles. The molecule has 78 valence electrons. The van der Waals surface area contributed by atoms with Gasteiger partial charge in [-0.25, -0.2) is 0 Å². The Morgan fingerprint density at radius 2 is 2.00 bits per heavy atom. The number of nitrogens with two attached hydrogens (primary N) is 1. The van der Waals surface area contributed by atoms with Gasteiger partial charge < -0.3 is 10.5 Å². The molecule has 0 spiro atoms. The lowest BCUT2D eigenvalue weighted by Crippen LogP contribution is -2.47. The smallest absolute Gasteiger partial charge is 0.0679 e. The van der Waals surface area contributed by atoms with Crippen molar-refractivity contribution in [2.75, 3.05) is 13.2 Å². The standard InChI is InChI=1S/C11H23NO/c1-10(2)11(3,6-4-8-12)7-5-9-13-10/h4-9,12H2,1-3H3. The van der Waals surface area contributed by atoms with Gasteiger partial charge in [0.05, 0.1) is 5.60 Å². The van der Waals surface area contributed by atoms with Crippen molar-refractivity contribution in [1.29, 1.82) is 0 Å². The van der Waals surface area contributed by atoms with E-state index in [1.54, 1.807) is 0 Å². The highest BCUT2D eigenvalue weighted by Gasteiger charge is 2.43. The van der Waals surface area contributed by atoms with Crippen LogP contribution in [-0.4, -0.2) is 18.8 Å². The molecule has 13 heavy (non-hydrogen) atoms. The van der Waals surface area contributed by atoms with Gasteiger partial charge in [-0.1, -0.05) is 6.92 Å². The van der Waals surface area contributed by atoms with E-state index in [-0.39, 0.29) is 5.60 Å². The summed E-state index contributed by atoms with van der Waals surface area (Å²) in [6, 6.07) is 0. The summed E-state index contributed by atoms with van der Waals surface area (Å²) in [4.78, 5) is 0. The molecule has 1 fully saturated rings. The lowest BCUT2D eigenvalue weighted by atomic mass is 9.68. The van der Waals surface area contributed by atoms with Crippen molar-refractivity contribution >= 4 is 0 Å². The molecule has 1 saturated heterocycles. The summed E-state index contributed by atoms with van der Waals surface area (Å²) in [6.45, 7) is 8.48. The first-order valence-electron chi connectivity index (χ1n) is 5.36. The highest BCUT2D eigenvalue weighted by Crippen LogP contribution is 2.45. The maximum Gasteiger partial charge on any atom is 0.0679 e. The Kier molecular flexibility index (Phi) is 3.36. The largest absolute Gasteiger partial charge is 0.375 e. The molecule has 1 unspecified atom stereocenters. The maximum atomic E-state index is 5.84. The molecule has 1 atom stereocenters. The molecule has 0 aromatic rings. The second-order valence-electron chi connectivity index (χ2n) is 4.92. The maximum absolute atomic E-state index is 5.84. The topological polar surface area (TPSA) is 35.2 Å². The summed E-state index contributed by atoms with van der Waals surface area (Å²) in [7, 11) is 0. The predicted molar refractivity (Wildman–Crippen MR) is 55.7 cm³/mol. The molecule has 2 N–H and O–H groups in total. The summed E-state index contributed by atoms with van der Waals surface area (Å²) >= 11 is 0. The first-order chi connectivity index (χ1) is 6.02. The van der Waals surface area contributed by atoms with Gasteiger partial charge in [-0.05, 0) is 51.5 Å². The quantitative estimate of drug-likeness (QED) is 0.732. The Labute approximate surface area is 81.8 Å². The zero-order chi connectivity index (χ0) is 9.95. The Balaban J connectivity index is 2.60. The molecule has 2 heteroatoms. The third kappa shape index (κ3) is 2.23. The van der Waals surface area contributed by atoms with E-state index in [9.17, 15) is 0 Å². The van der Waals surface area contributed by atoms with Gasteiger partial charge in [0.1, 0.15) is 0 Å². The molecular formula is C11H23NO. The first-order valence-corrected chi connectivity index (χ1v) is 5.36. The number of hydrogen-bond acceptors (Lipinski definition) is 2. The number of ether oxygens (including phenoxy) is 1. The molecule has 0 amide bonds. The Morgan fingerprint density at radius 3 is 2.54 bits per heavy atom. The molecule has 1 aliphatic rings. The minimum Gasteiger partial charge on any atom is -0.375 e. The number of hydrogen-bond donors (Lipinski definition) is 1. The highest BCUT2D eigenvalue weighted by molar-refractivity contribution is 4.93. The SMILES string of the molecule is CC1(CCCN)CCCOC1(C)C. The molecule has 0 radical (unpaired) electrons. The summed E-state index contributed by atoms with van der Waals surface area (Å²) < 4.78 is 5.84. The minimum atomic E-state index is 0.0282. The van der Waals surface area contributed by atoms with E-state index in [0.717, 1.165) is 19.6 Å². The van der Waals surface area contributed by atoms with Crippen LogP contribution in [0.2, 0.25) is 0 Å². The fraction of sp³-hybridized carbons (Fsp3) is 1.00. The van der Waals surface area contributed by atoms with E-state index < -0.39 is 0 Å². The molecule has 1 rings (SSSR count). The van der Waals surface area contributed by atoms with Gasteiger partial charge in [0.25, 0.3) is 0 Å². The van der Waals surface area contributed by atoms with Crippen LogP contribution in [0.25, 0.3) is 0 Å².